The smallest absolute Gasteiger partial charge is 0.323 e. The van der Waals surface area contributed by atoms with Crippen LogP contribution in [0.25, 0.3) is 0 Å². The summed E-state index contributed by atoms with van der Waals surface area (Å²) >= 11 is 0. The van der Waals surface area contributed by atoms with Crippen molar-refractivity contribution in [3.8, 4) is 0 Å². The first-order valence-corrected chi connectivity index (χ1v) is 7.09. The van der Waals surface area contributed by atoms with Crippen molar-refractivity contribution in [1.82, 2.24) is 5.32 Å². The summed E-state index contributed by atoms with van der Waals surface area (Å²) in [5, 5.41) is 3.52. The second-order valence-electron chi connectivity index (χ2n) is 7.02. The Morgan fingerprint density at radius 3 is 2.39 bits per heavy atom. The van der Waals surface area contributed by atoms with Crippen molar-refractivity contribution in [2.75, 3.05) is 7.11 Å². The van der Waals surface area contributed by atoms with E-state index in [1.807, 2.05) is 0 Å². The van der Waals surface area contributed by atoms with Crippen molar-refractivity contribution >= 4 is 5.97 Å². The summed E-state index contributed by atoms with van der Waals surface area (Å²) in [7, 11) is 1.47. The molecule has 1 rings (SSSR count). The molecule has 3 atom stereocenters. The molecular weight excluding hydrogens is 226 g/mol. The van der Waals surface area contributed by atoms with Gasteiger partial charge in [-0.3, -0.25) is 4.79 Å². The van der Waals surface area contributed by atoms with E-state index in [1.54, 1.807) is 0 Å². The molecule has 106 valence electrons. The molecule has 0 aromatic heterocycles. The predicted octanol–water partition coefficient (Wildman–Crippen LogP) is 2.99. The van der Waals surface area contributed by atoms with Crippen LogP contribution in [0.15, 0.2) is 0 Å². The molecule has 0 heterocycles. The molecule has 18 heavy (non-hydrogen) atoms. The molecule has 0 radical (unpaired) electrons. The quantitative estimate of drug-likeness (QED) is 0.785. The van der Waals surface area contributed by atoms with Gasteiger partial charge in [0.05, 0.1) is 7.11 Å². The predicted molar refractivity (Wildman–Crippen MR) is 74.4 cm³/mol. The molecule has 2 unspecified atom stereocenters. The van der Waals surface area contributed by atoms with Crippen LogP contribution in [0.1, 0.15) is 53.9 Å². The van der Waals surface area contributed by atoms with Gasteiger partial charge < -0.3 is 10.1 Å². The fourth-order valence-corrected chi connectivity index (χ4v) is 3.39. The summed E-state index contributed by atoms with van der Waals surface area (Å²) in [6.45, 7) is 11.1. The Balaban J connectivity index is 2.66. The molecule has 0 spiro atoms. The Morgan fingerprint density at radius 2 is 1.94 bits per heavy atom. The van der Waals surface area contributed by atoms with Crippen molar-refractivity contribution in [3.05, 3.63) is 0 Å². The van der Waals surface area contributed by atoms with Gasteiger partial charge in [0.15, 0.2) is 0 Å². The number of nitrogens with one attached hydrogen (secondary N) is 1. The lowest BCUT2D eigenvalue weighted by molar-refractivity contribution is -0.144. The Morgan fingerprint density at radius 1 is 1.33 bits per heavy atom. The van der Waals surface area contributed by atoms with E-state index in [2.05, 4.69) is 39.9 Å². The molecule has 1 N–H and O–H groups in total. The number of ether oxygens (including phenoxy) is 1. The van der Waals surface area contributed by atoms with Gasteiger partial charge in [-0.25, -0.2) is 0 Å². The normalized spacial score (nSPS) is 29.1. The summed E-state index contributed by atoms with van der Waals surface area (Å²) in [5.41, 5.74) is 0.368. The van der Waals surface area contributed by atoms with E-state index in [0.717, 1.165) is 18.8 Å². The molecule has 0 bridgehead atoms. The Labute approximate surface area is 112 Å². The average Bonchev–Trinajstić information content (AvgIpc) is 2.21. The first-order valence-electron chi connectivity index (χ1n) is 7.09. The van der Waals surface area contributed by atoms with Crippen LogP contribution < -0.4 is 5.32 Å². The van der Waals surface area contributed by atoms with Gasteiger partial charge in [0.25, 0.3) is 0 Å². The zero-order valence-electron chi connectivity index (χ0n) is 12.7. The summed E-state index contributed by atoms with van der Waals surface area (Å²) in [5.74, 6) is 0.843. The largest absolute Gasteiger partial charge is 0.468 e. The summed E-state index contributed by atoms with van der Waals surface area (Å²) in [6, 6.07) is 0.247. The van der Waals surface area contributed by atoms with Gasteiger partial charge in [0.1, 0.15) is 6.04 Å². The maximum absolute atomic E-state index is 11.8. The van der Waals surface area contributed by atoms with Crippen molar-refractivity contribution < 1.29 is 9.53 Å². The maximum Gasteiger partial charge on any atom is 0.323 e. The summed E-state index contributed by atoms with van der Waals surface area (Å²) in [6.07, 6.45) is 3.57. The minimum absolute atomic E-state index is 0.138. The topological polar surface area (TPSA) is 38.3 Å². The number of carbonyl (C=O) groups excluding carboxylic acids is 1. The number of esters is 1. The van der Waals surface area contributed by atoms with Crippen LogP contribution in [0.4, 0.5) is 0 Å². The van der Waals surface area contributed by atoms with Crippen LogP contribution in [0.3, 0.4) is 0 Å². The zero-order valence-corrected chi connectivity index (χ0v) is 12.7. The van der Waals surface area contributed by atoms with Crippen LogP contribution in [0.2, 0.25) is 0 Å². The molecule has 1 aliphatic rings. The van der Waals surface area contributed by atoms with Gasteiger partial charge in [0, 0.05) is 6.04 Å². The van der Waals surface area contributed by atoms with Gasteiger partial charge in [0.2, 0.25) is 0 Å². The molecule has 0 amide bonds. The van der Waals surface area contributed by atoms with Gasteiger partial charge in [-0.1, -0.05) is 34.6 Å². The zero-order chi connectivity index (χ0) is 13.9. The van der Waals surface area contributed by atoms with Crippen molar-refractivity contribution in [2.45, 2.75) is 66.0 Å². The number of hydrogen-bond acceptors (Lipinski definition) is 3. The van der Waals surface area contributed by atoms with Crippen LogP contribution in [-0.4, -0.2) is 25.2 Å². The molecule has 3 nitrogen and oxygen atoms in total. The third kappa shape index (κ3) is 4.27. The van der Waals surface area contributed by atoms with E-state index >= 15 is 0 Å². The molecule has 1 saturated carbocycles. The molecule has 1 fully saturated rings. The SMILES string of the molecule is COC(=O)[C@H](NC1CC(C)CC(C)(C)C1)C(C)C. The van der Waals surface area contributed by atoms with Crippen LogP contribution in [0.5, 0.6) is 0 Å². The van der Waals surface area contributed by atoms with E-state index in [-0.39, 0.29) is 17.9 Å². The molecule has 0 aromatic rings. The minimum atomic E-state index is -0.180. The van der Waals surface area contributed by atoms with E-state index in [0.29, 0.717) is 11.5 Å². The highest BCUT2D eigenvalue weighted by molar-refractivity contribution is 5.75. The van der Waals surface area contributed by atoms with Crippen molar-refractivity contribution in [1.29, 1.82) is 0 Å². The number of methoxy groups -OCH3 is 1. The monoisotopic (exact) mass is 255 g/mol. The van der Waals surface area contributed by atoms with Gasteiger partial charge >= 0.3 is 5.97 Å². The molecule has 0 aromatic carbocycles. The number of carbonyl (C=O) groups is 1. The lowest BCUT2D eigenvalue weighted by Crippen LogP contribution is -2.50. The molecular formula is C15H29NO2. The Bertz CT molecular complexity index is 286. The van der Waals surface area contributed by atoms with Crippen molar-refractivity contribution in [3.63, 3.8) is 0 Å². The first kappa shape index (κ1) is 15.5. The first-order chi connectivity index (χ1) is 8.25. The van der Waals surface area contributed by atoms with Gasteiger partial charge in [-0.15, -0.1) is 0 Å². The van der Waals surface area contributed by atoms with E-state index in [4.69, 9.17) is 4.74 Å². The molecule has 0 aliphatic heterocycles. The van der Waals surface area contributed by atoms with E-state index in [9.17, 15) is 4.79 Å². The second-order valence-corrected chi connectivity index (χ2v) is 7.02. The van der Waals surface area contributed by atoms with E-state index < -0.39 is 0 Å². The third-order valence-corrected chi connectivity index (χ3v) is 3.92. The Kier molecular flexibility index (Phi) is 5.20. The van der Waals surface area contributed by atoms with E-state index in [1.165, 1.54) is 13.5 Å². The number of hydrogen-bond donors (Lipinski definition) is 1. The highest BCUT2D eigenvalue weighted by atomic mass is 16.5. The summed E-state index contributed by atoms with van der Waals surface area (Å²) in [4.78, 5) is 11.8. The number of rotatable bonds is 4. The lowest BCUT2D eigenvalue weighted by Gasteiger charge is -2.41. The van der Waals surface area contributed by atoms with Crippen LogP contribution in [0, 0.1) is 17.3 Å². The van der Waals surface area contributed by atoms with Crippen molar-refractivity contribution in [2.24, 2.45) is 17.3 Å². The lowest BCUT2D eigenvalue weighted by atomic mass is 9.70. The van der Waals surface area contributed by atoms with Gasteiger partial charge in [-0.2, -0.15) is 0 Å². The maximum atomic E-state index is 11.8. The van der Waals surface area contributed by atoms with Gasteiger partial charge in [-0.05, 0) is 36.5 Å². The minimum Gasteiger partial charge on any atom is -0.468 e. The highest BCUT2D eigenvalue weighted by Crippen LogP contribution is 2.38. The van der Waals surface area contributed by atoms with Crippen LogP contribution >= 0.6 is 0 Å². The Hall–Kier alpha value is -0.570. The average molecular weight is 255 g/mol. The third-order valence-electron chi connectivity index (χ3n) is 3.92. The highest BCUT2D eigenvalue weighted by Gasteiger charge is 2.34. The van der Waals surface area contributed by atoms with Crippen LogP contribution in [-0.2, 0) is 9.53 Å². The molecule has 0 saturated heterocycles. The fraction of sp³-hybridized carbons (Fsp3) is 0.933. The molecule has 3 heteroatoms. The fourth-order valence-electron chi connectivity index (χ4n) is 3.39. The summed E-state index contributed by atoms with van der Waals surface area (Å²) < 4.78 is 4.89. The standard InChI is InChI=1S/C15H29NO2/c1-10(2)13(14(17)18-6)16-12-7-11(3)8-15(4,5)9-12/h10-13,16H,7-9H2,1-6H3/t11?,12?,13-/m1/s1. The molecule has 1 aliphatic carbocycles. The second kappa shape index (κ2) is 6.05.